The molecule has 2 unspecified atom stereocenters. The van der Waals surface area contributed by atoms with E-state index in [0.717, 1.165) is 31.7 Å². The second-order valence-electron chi connectivity index (χ2n) is 7.54. The SMILES string of the molecule is CC(CC1CCCN(c2cncc(-c3nncs3)n2)C1)c1cccnc1C(F)(F)F. The van der Waals surface area contributed by atoms with Gasteiger partial charge in [-0.25, -0.2) is 4.98 Å². The van der Waals surface area contributed by atoms with Gasteiger partial charge in [0.1, 0.15) is 22.7 Å². The van der Waals surface area contributed by atoms with Crippen LogP contribution < -0.4 is 4.90 Å². The predicted molar refractivity (Wildman–Crippen MR) is 108 cm³/mol. The minimum atomic E-state index is -4.44. The second kappa shape index (κ2) is 8.63. The maximum atomic E-state index is 13.3. The van der Waals surface area contributed by atoms with Crippen molar-refractivity contribution in [1.82, 2.24) is 25.1 Å². The fraction of sp³-hybridized carbons (Fsp3) is 0.450. The molecule has 3 aromatic rings. The van der Waals surface area contributed by atoms with Crippen LogP contribution in [0.3, 0.4) is 0 Å². The Bertz CT molecular complexity index is 979. The maximum Gasteiger partial charge on any atom is 0.433 e. The van der Waals surface area contributed by atoms with Gasteiger partial charge in [-0.2, -0.15) is 13.2 Å². The molecule has 0 radical (unpaired) electrons. The summed E-state index contributed by atoms with van der Waals surface area (Å²) in [6.45, 7) is 3.43. The van der Waals surface area contributed by atoms with Crippen molar-refractivity contribution in [2.24, 2.45) is 5.92 Å². The number of hydrogen-bond acceptors (Lipinski definition) is 7. The van der Waals surface area contributed by atoms with Gasteiger partial charge in [-0.05, 0) is 42.7 Å². The standard InChI is InChI=1S/C20H21F3N6S/c1-13(15-5-2-6-25-18(15)20(21,22)23)8-14-4-3-7-29(11-14)17-10-24-9-16(27-17)19-28-26-12-30-19/h2,5-6,9-10,12-14H,3-4,7-8,11H2,1H3. The molecule has 0 saturated carbocycles. The summed E-state index contributed by atoms with van der Waals surface area (Å²) in [7, 11) is 0. The molecule has 0 bridgehead atoms. The lowest BCUT2D eigenvalue weighted by Crippen LogP contribution is -2.36. The number of piperidine rings is 1. The molecule has 1 saturated heterocycles. The van der Waals surface area contributed by atoms with Crippen LogP contribution in [-0.2, 0) is 6.18 Å². The van der Waals surface area contributed by atoms with Gasteiger partial charge in [-0.3, -0.25) is 9.97 Å². The molecule has 0 aliphatic carbocycles. The van der Waals surface area contributed by atoms with E-state index in [1.807, 2.05) is 6.92 Å². The summed E-state index contributed by atoms with van der Waals surface area (Å²) in [6.07, 6.45) is 2.74. The van der Waals surface area contributed by atoms with Crippen molar-refractivity contribution < 1.29 is 13.2 Å². The smallest absolute Gasteiger partial charge is 0.355 e. The number of anilines is 1. The van der Waals surface area contributed by atoms with Crippen molar-refractivity contribution in [3.8, 4) is 10.7 Å². The van der Waals surface area contributed by atoms with Crippen LogP contribution in [0.1, 0.15) is 43.4 Å². The van der Waals surface area contributed by atoms with E-state index in [0.29, 0.717) is 17.1 Å². The summed E-state index contributed by atoms with van der Waals surface area (Å²) in [6, 6.07) is 3.11. The Kier molecular flexibility index (Phi) is 5.94. The van der Waals surface area contributed by atoms with Gasteiger partial charge < -0.3 is 4.90 Å². The zero-order valence-corrected chi connectivity index (χ0v) is 17.2. The molecule has 1 fully saturated rings. The van der Waals surface area contributed by atoms with E-state index in [4.69, 9.17) is 0 Å². The number of aromatic nitrogens is 5. The van der Waals surface area contributed by atoms with Crippen LogP contribution in [0.15, 0.2) is 36.2 Å². The number of rotatable bonds is 5. The van der Waals surface area contributed by atoms with Crippen LogP contribution in [0.5, 0.6) is 0 Å². The van der Waals surface area contributed by atoms with Crippen LogP contribution >= 0.6 is 11.3 Å². The third-order valence-electron chi connectivity index (χ3n) is 5.37. The number of hydrogen-bond donors (Lipinski definition) is 0. The summed E-state index contributed by atoms with van der Waals surface area (Å²) >= 11 is 1.40. The van der Waals surface area contributed by atoms with E-state index in [9.17, 15) is 13.2 Å². The topological polar surface area (TPSA) is 67.7 Å². The van der Waals surface area contributed by atoms with Gasteiger partial charge in [0, 0.05) is 19.3 Å². The van der Waals surface area contributed by atoms with Crippen molar-refractivity contribution in [2.75, 3.05) is 18.0 Å². The highest BCUT2D eigenvalue weighted by atomic mass is 32.1. The Morgan fingerprint density at radius 2 is 2.17 bits per heavy atom. The summed E-state index contributed by atoms with van der Waals surface area (Å²) in [5.74, 6) is 0.790. The lowest BCUT2D eigenvalue weighted by Gasteiger charge is -2.35. The summed E-state index contributed by atoms with van der Waals surface area (Å²) in [4.78, 5) is 14.7. The fourth-order valence-corrected chi connectivity index (χ4v) is 4.55. The third-order valence-corrected chi connectivity index (χ3v) is 6.08. The van der Waals surface area contributed by atoms with Gasteiger partial charge in [-0.1, -0.05) is 24.3 Å². The molecule has 3 aromatic heterocycles. The highest BCUT2D eigenvalue weighted by Crippen LogP contribution is 2.37. The first-order chi connectivity index (χ1) is 14.4. The Balaban J connectivity index is 1.47. The maximum absolute atomic E-state index is 13.3. The minimum Gasteiger partial charge on any atom is -0.355 e. The van der Waals surface area contributed by atoms with E-state index in [1.54, 1.807) is 24.0 Å². The van der Waals surface area contributed by atoms with Crippen molar-refractivity contribution in [3.63, 3.8) is 0 Å². The molecule has 0 aromatic carbocycles. The van der Waals surface area contributed by atoms with E-state index >= 15 is 0 Å². The molecule has 1 aliphatic rings. The predicted octanol–water partition coefficient (Wildman–Crippen LogP) is 4.82. The molecule has 0 amide bonds. The number of pyridine rings is 1. The van der Waals surface area contributed by atoms with Crippen molar-refractivity contribution >= 4 is 17.2 Å². The molecule has 0 spiro atoms. The third kappa shape index (κ3) is 4.58. The lowest BCUT2D eigenvalue weighted by molar-refractivity contribution is -0.142. The summed E-state index contributed by atoms with van der Waals surface area (Å²) in [5, 5.41) is 8.59. The van der Waals surface area contributed by atoms with Crippen molar-refractivity contribution in [3.05, 3.63) is 47.5 Å². The Hall–Kier alpha value is -2.62. The molecule has 4 heterocycles. The second-order valence-corrected chi connectivity index (χ2v) is 8.37. The van der Waals surface area contributed by atoms with Gasteiger partial charge in [0.25, 0.3) is 0 Å². The highest BCUT2D eigenvalue weighted by Gasteiger charge is 2.36. The summed E-state index contributed by atoms with van der Waals surface area (Å²) < 4.78 is 40.0. The van der Waals surface area contributed by atoms with Crippen LogP contribution in [-0.4, -0.2) is 38.2 Å². The molecule has 10 heteroatoms. The van der Waals surface area contributed by atoms with Gasteiger partial charge in [-0.15, -0.1) is 10.2 Å². The Labute approximate surface area is 176 Å². The highest BCUT2D eigenvalue weighted by molar-refractivity contribution is 7.12. The van der Waals surface area contributed by atoms with E-state index < -0.39 is 11.9 Å². The Morgan fingerprint density at radius 3 is 2.93 bits per heavy atom. The van der Waals surface area contributed by atoms with Crippen LogP contribution in [0.2, 0.25) is 0 Å². The molecule has 6 nitrogen and oxygen atoms in total. The van der Waals surface area contributed by atoms with Crippen molar-refractivity contribution in [1.29, 1.82) is 0 Å². The monoisotopic (exact) mass is 434 g/mol. The first-order valence-electron chi connectivity index (χ1n) is 9.77. The average Bonchev–Trinajstić information content (AvgIpc) is 3.28. The molecule has 158 valence electrons. The lowest BCUT2D eigenvalue weighted by atomic mass is 9.85. The quantitative estimate of drug-likeness (QED) is 0.574. The van der Waals surface area contributed by atoms with Crippen LogP contribution in [0, 0.1) is 5.92 Å². The molecular formula is C20H21F3N6S. The number of nitrogens with zero attached hydrogens (tertiary/aromatic N) is 6. The van der Waals surface area contributed by atoms with Gasteiger partial charge in [0.2, 0.25) is 0 Å². The molecule has 2 atom stereocenters. The van der Waals surface area contributed by atoms with Gasteiger partial charge >= 0.3 is 6.18 Å². The number of halogens is 3. The zero-order valence-electron chi connectivity index (χ0n) is 16.4. The Morgan fingerprint density at radius 1 is 1.30 bits per heavy atom. The fourth-order valence-electron chi connectivity index (χ4n) is 4.04. The molecular weight excluding hydrogens is 413 g/mol. The van der Waals surface area contributed by atoms with Gasteiger partial charge in [0.15, 0.2) is 5.01 Å². The first kappa shape index (κ1) is 20.6. The van der Waals surface area contributed by atoms with Gasteiger partial charge in [0.05, 0.1) is 12.4 Å². The molecule has 0 N–H and O–H groups in total. The summed E-state index contributed by atoms with van der Waals surface area (Å²) in [5.41, 5.74) is 1.81. The van der Waals surface area contributed by atoms with E-state index in [1.165, 1.54) is 23.6 Å². The molecule has 1 aliphatic heterocycles. The molecule has 4 rings (SSSR count). The normalized spacial score (nSPS) is 18.4. The van der Waals surface area contributed by atoms with Crippen LogP contribution in [0.25, 0.3) is 10.7 Å². The average molecular weight is 434 g/mol. The first-order valence-corrected chi connectivity index (χ1v) is 10.7. The number of alkyl halides is 3. The van der Waals surface area contributed by atoms with Crippen LogP contribution in [0.4, 0.5) is 19.0 Å². The van der Waals surface area contributed by atoms with E-state index in [-0.39, 0.29) is 17.4 Å². The van der Waals surface area contributed by atoms with E-state index in [2.05, 4.69) is 30.0 Å². The zero-order chi connectivity index (χ0) is 21.1. The van der Waals surface area contributed by atoms with Crippen molar-refractivity contribution in [2.45, 2.75) is 38.3 Å². The minimum absolute atomic E-state index is 0.237. The largest absolute Gasteiger partial charge is 0.433 e. The molecule has 30 heavy (non-hydrogen) atoms.